The van der Waals surface area contributed by atoms with E-state index in [1.807, 2.05) is 27.7 Å². The first kappa shape index (κ1) is 21.8. The Labute approximate surface area is 137 Å². The predicted octanol–water partition coefficient (Wildman–Crippen LogP) is 5.95. The van der Waals surface area contributed by atoms with Crippen molar-refractivity contribution in [2.24, 2.45) is 0 Å². The van der Waals surface area contributed by atoms with Crippen LogP contribution in [0.4, 0.5) is 0 Å². The minimum atomic E-state index is -0.473. The van der Waals surface area contributed by atoms with Gasteiger partial charge in [0.05, 0.1) is 11.2 Å². The summed E-state index contributed by atoms with van der Waals surface area (Å²) in [6.07, 6.45) is 7.65. The van der Waals surface area contributed by atoms with E-state index in [4.69, 9.17) is 19.6 Å². The van der Waals surface area contributed by atoms with E-state index in [1.54, 1.807) is 0 Å². The summed E-state index contributed by atoms with van der Waals surface area (Å²) < 4.78 is 0. The van der Waals surface area contributed by atoms with Crippen molar-refractivity contribution in [3.05, 3.63) is 0 Å². The highest BCUT2D eigenvalue weighted by atomic mass is 17.3. The van der Waals surface area contributed by atoms with Gasteiger partial charge in [-0.25, -0.2) is 19.6 Å². The Kier molecular flexibility index (Phi) is 11.3. The summed E-state index contributed by atoms with van der Waals surface area (Å²) in [6.45, 7) is 14.6. The zero-order chi connectivity index (χ0) is 17.1. The highest BCUT2D eigenvalue weighted by molar-refractivity contribution is 4.65. The van der Waals surface area contributed by atoms with Crippen LogP contribution in [0.15, 0.2) is 0 Å². The first-order valence-corrected chi connectivity index (χ1v) is 8.95. The molecule has 0 amide bonds. The molecule has 0 rings (SSSR count). The van der Waals surface area contributed by atoms with Crippen LogP contribution < -0.4 is 0 Å². The lowest BCUT2D eigenvalue weighted by molar-refractivity contribution is -0.501. The number of hydrogen-bond donors (Lipinski definition) is 0. The van der Waals surface area contributed by atoms with Gasteiger partial charge in [0.1, 0.15) is 0 Å². The lowest BCUT2D eigenvalue weighted by Crippen LogP contribution is -2.32. The molecule has 0 aliphatic rings. The quantitative estimate of drug-likeness (QED) is 0.172. The molecule has 134 valence electrons. The fourth-order valence-electron chi connectivity index (χ4n) is 2.33. The molecule has 0 aromatic carbocycles. The van der Waals surface area contributed by atoms with Crippen LogP contribution in [0.1, 0.15) is 99.8 Å². The Bertz CT molecular complexity index is 242. The molecule has 0 atom stereocenters. The van der Waals surface area contributed by atoms with Gasteiger partial charge in [-0.2, -0.15) is 0 Å². The Hall–Kier alpha value is -0.160. The fourth-order valence-corrected chi connectivity index (χ4v) is 2.33. The molecule has 0 aliphatic heterocycles. The average Bonchev–Trinajstić information content (AvgIpc) is 2.41. The molecular formula is C18H38O4. The molecule has 0 aliphatic carbocycles. The Morgan fingerprint density at radius 2 is 1.14 bits per heavy atom. The molecule has 0 aromatic rings. The van der Waals surface area contributed by atoms with Crippen LogP contribution in [0.5, 0.6) is 0 Å². The van der Waals surface area contributed by atoms with E-state index in [0.29, 0.717) is 0 Å². The van der Waals surface area contributed by atoms with Crippen molar-refractivity contribution in [2.45, 2.75) is 117 Å². The first-order valence-electron chi connectivity index (χ1n) is 8.95. The van der Waals surface area contributed by atoms with Gasteiger partial charge in [0.2, 0.25) is 6.29 Å². The summed E-state index contributed by atoms with van der Waals surface area (Å²) >= 11 is 0. The van der Waals surface area contributed by atoms with E-state index in [2.05, 4.69) is 20.8 Å². The molecule has 0 saturated carbocycles. The molecule has 0 heterocycles. The zero-order valence-corrected chi connectivity index (χ0v) is 15.9. The highest BCUT2D eigenvalue weighted by Crippen LogP contribution is 2.22. The molecule has 4 nitrogen and oxygen atoms in total. The Morgan fingerprint density at radius 3 is 1.50 bits per heavy atom. The predicted molar refractivity (Wildman–Crippen MR) is 90.2 cm³/mol. The van der Waals surface area contributed by atoms with Crippen LogP contribution in [-0.4, -0.2) is 17.5 Å². The summed E-state index contributed by atoms with van der Waals surface area (Å²) in [5.41, 5.74) is -0.611. The molecule has 0 saturated heterocycles. The third-order valence-electron chi connectivity index (χ3n) is 3.51. The zero-order valence-electron chi connectivity index (χ0n) is 15.9. The minimum absolute atomic E-state index is 0.306. The van der Waals surface area contributed by atoms with Crippen molar-refractivity contribution >= 4 is 0 Å². The van der Waals surface area contributed by atoms with Gasteiger partial charge in [0.15, 0.2) is 0 Å². The lowest BCUT2D eigenvalue weighted by Gasteiger charge is -2.29. The van der Waals surface area contributed by atoms with Gasteiger partial charge in [-0.3, -0.25) is 0 Å². The van der Waals surface area contributed by atoms with Crippen molar-refractivity contribution in [3.63, 3.8) is 0 Å². The second kappa shape index (κ2) is 11.4. The van der Waals surface area contributed by atoms with Crippen molar-refractivity contribution < 1.29 is 19.6 Å². The van der Waals surface area contributed by atoms with Crippen LogP contribution in [-0.2, 0) is 19.6 Å². The van der Waals surface area contributed by atoms with Gasteiger partial charge in [-0.05, 0) is 47.0 Å². The van der Waals surface area contributed by atoms with E-state index < -0.39 is 6.29 Å². The largest absolute Gasteiger partial charge is 0.228 e. The van der Waals surface area contributed by atoms with Crippen LogP contribution in [0.25, 0.3) is 0 Å². The first-order chi connectivity index (χ1) is 10.3. The SMILES string of the molecule is CCCCCC(OOC(C)(C)CCC)OOC(C)(C)CCC. The van der Waals surface area contributed by atoms with Crippen molar-refractivity contribution in [1.29, 1.82) is 0 Å². The number of rotatable bonds is 14. The van der Waals surface area contributed by atoms with Crippen LogP contribution >= 0.6 is 0 Å². The normalized spacial score (nSPS) is 13.1. The van der Waals surface area contributed by atoms with Gasteiger partial charge in [-0.1, -0.05) is 46.5 Å². The molecule has 0 fully saturated rings. The van der Waals surface area contributed by atoms with Crippen molar-refractivity contribution in [3.8, 4) is 0 Å². The van der Waals surface area contributed by atoms with Crippen LogP contribution in [0.3, 0.4) is 0 Å². The maximum Gasteiger partial charge on any atom is 0.224 e. The van der Waals surface area contributed by atoms with Crippen LogP contribution in [0, 0.1) is 0 Å². The molecule has 0 unspecified atom stereocenters. The molecule has 22 heavy (non-hydrogen) atoms. The molecule has 0 spiro atoms. The lowest BCUT2D eigenvalue weighted by atomic mass is 10.0. The van der Waals surface area contributed by atoms with Gasteiger partial charge >= 0.3 is 0 Å². The molecule has 0 bridgehead atoms. The number of unbranched alkanes of at least 4 members (excludes halogenated alkanes) is 2. The summed E-state index contributed by atoms with van der Waals surface area (Å²) in [5, 5.41) is 0. The van der Waals surface area contributed by atoms with Gasteiger partial charge in [0.25, 0.3) is 0 Å². The standard InChI is InChI=1S/C18H38O4/c1-8-11-12-13-16(19-21-17(4,5)14-9-2)20-22-18(6,7)15-10-3/h16H,8-15H2,1-7H3. The second-order valence-electron chi connectivity index (χ2n) is 7.30. The third-order valence-corrected chi connectivity index (χ3v) is 3.51. The fraction of sp³-hybridized carbons (Fsp3) is 1.00. The van der Waals surface area contributed by atoms with Gasteiger partial charge in [0, 0.05) is 6.42 Å². The highest BCUT2D eigenvalue weighted by Gasteiger charge is 2.25. The monoisotopic (exact) mass is 318 g/mol. The Balaban J connectivity index is 4.36. The van der Waals surface area contributed by atoms with Gasteiger partial charge < -0.3 is 0 Å². The van der Waals surface area contributed by atoms with Crippen molar-refractivity contribution in [2.75, 3.05) is 0 Å². The molecule has 4 heteroatoms. The third kappa shape index (κ3) is 11.4. The Morgan fingerprint density at radius 1 is 0.682 bits per heavy atom. The molecular weight excluding hydrogens is 280 g/mol. The summed E-state index contributed by atoms with van der Waals surface area (Å²) in [7, 11) is 0. The maximum atomic E-state index is 5.58. The summed E-state index contributed by atoms with van der Waals surface area (Å²) in [4.78, 5) is 22.2. The minimum Gasteiger partial charge on any atom is -0.228 e. The molecule has 0 aromatic heterocycles. The van der Waals surface area contributed by atoms with E-state index >= 15 is 0 Å². The van der Waals surface area contributed by atoms with E-state index in [-0.39, 0.29) is 11.2 Å². The average molecular weight is 318 g/mol. The van der Waals surface area contributed by atoms with E-state index in [9.17, 15) is 0 Å². The maximum absolute atomic E-state index is 5.58. The molecule has 0 N–H and O–H groups in total. The summed E-state index contributed by atoms with van der Waals surface area (Å²) in [5.74, 6) is 0. The van der Waals surface area contributed by atoms with E-state index in [0.717, 1.165) is 51.4 Å². The summed E-state index contributed by atoms with van der Waals surface area (Å²) in [6, 6.07) is 0. The number of hydrogen-bond acceptors (Lipinski definition) is 4. The van der Waals surface area contributed by atoms with Crippen LogP contribution in [0.2, 0.25) is 0 Å². The van der Waals surface area contributed by atoms with Gasteiger partial charge in [-0.15, -0.1) is 0 Å². The topological polar surface area (TPSA) is 36.9 Å². The molecule has 0 radical (unpaired) electrons. The second-order valence-corrected chi connectivity index (χ2v) is 7.30. The smallest absolute Gasteiger partial charge is 0.224 e. The van der Waals surface area contributed by atoms with E-state index in [1.165, 1.54) is 0 Å². The van der Waals surface area contributed by atoms with Crippen molar-refractivity contribution in [1.82, 2.24) is 0 Å².